The maximum Gasteiger partial charge on any atom is 0.333 e. The Bertz CT molecular complexity index is 360. The third-order valence-electron chi connectivity index (χ3n) is 1.91. The lowest BCUT2D eigenvalue weighted by atomic mass is 10.3. The van der Waals surface area contributed by atoms with E-state index in [1.54, 1.807) is 0 Å². The summed E-state index contributed by atoms with van der Waals surface area (Å²) in [6, 6.07) is 0. The van der Waals surface area contributed by atoms with E-state index >= 15 is 0 Å². The van der Waals surface area contributed by atoms with Crippen molar-refractivity contribution < 1.29 is 33.5 Å². The molecule has 8 heteroatoms. The van der Waals surface area contributed by atoms with Crippen LogP contribution in [-0.4, -0.2) is 35.3 Å². The number of rotatable bonds is 5. The summed E-state index contributed by atoms with van der Waals surface area (Å²) in [5.41, 5.74) is 0. The summed E-state index contributed by atoms with van der Waals surface area (Å²) in [7, 11) is 0. The zero-order valence-electron chi connectivity index (χ0n) is 8.71. The maximum atomic E-state index is 11.1. The van der Waals surface area contributed by atoms with Gasteiger partial charge in [-0.25, -0.2) is 4.79 Å². The molecule has 0 atom stereocenters. The summed E-state index contributed by atoms with van der Waals surface area (Å²) < 4.78 is 3.93. The van der Waals surface area contributed by atoms with E-state index < -0.39 is 23.8 Å². The van der Waals surface area contributed by atoms with Crippen LogP contribution in [0.4, 0.5) is 0 Å². The zero-order chi connectivity index (χ0) is 12.8. The Hall–Kier alpha value is -2.25. The van der Waals surface area contributed by atoms with E-state index in [9.17, 15) is 24.0 Å². The van der Waals surface area contributed by atoms with Crippen LogP contribution in [0.15, 0.2) is 0 Å². The van der Waals surface area contributed by atoms with Crippen molar-refractivity contribution in [3.8, 4) is 0 Å². The lowest BCUT2D eigenvalue weighted by Crippen LogP contribution is -2.32. The second-order valence-electron chi connectivity index (χ2n) is 3.13. The molecule has 0 bridgehead atoms. The Morgan fingerprint density at radius 3 is 2.18 bits per heavy atom. The molecular weight excluding hydrogens is 234 g/mol. The van der Waals surface area contributed by atoms with Gasteiger partial charge in [0.15, 0.2) is 0 Å². The summed E-state index contributed by atoms with van der Waals surface area (Å²) in [6.45, 7) is -0.0544. The Morgan fingerprint density at radius 1 is 1.12 bits per heavy atom. The number of esters is 1. The molecule has 0 saturated carbocycles. The fourth-order valence-corrected chi connectivity index (χ4v) is 1.12. The minimum Gasteiger partial charge on any atom is -0.395 e. The van der Waals surface area contributed by atoms with Crippen molar-refractivity contribution >= 4 is 30.2 Å². The second-order valence-corrected chi connectivity index (χ2v) is 3.13. The van der Waals surface area contributed by atoms with Gasteiger partial charge in [-0.15, -0.1) is 5.06 Å². The van der Waals surface area contributed by atoms with Crippen LogP contribution in [-0.2, 0) is 33.5 Å². The Balaban J connectivity index is 2.34. The Kier molecular flexibility index (Phi) is 4.32. The molecule has 92 valence electrons. The van der Waals surface area contributed by atoms with Crippen LogP contribution in [0.2, 0.25) is 0 Å². The lowest BCUT2D eigenvalue weighted by molar-refractivity contribution is -0.197. The number of hydrogen-bond acceptors (Lipinski definition) is 7. The van der Waals surface area contributed by atoms with Gasteiger partial charge in [-0.1, -0.05) is 0 Å². The van der Waals surface area contributed by atoms with Gasteiger partial charge in [0.2, 0.25) is 0 Å². The standard InChI is InChI=1S/C9H9NO7/c11-5-16-8(14)3-4-9(15)17-10-6(12)1-2-7(10)13/h5H,1-4H2. The summed E-state index contributed by atoms with van der Waals surface area (Å²) in [5, 5.41) is 0.382. The van der Waals surface area contributed by atoms with Crippen molar-refractivity contribution in [3.63, 3.8) is 0 Å². The molecule has 2 amide bonds. The van der Waals surface area contributed by atoms with E-state index in [2.05, 4.69) is 9.57 Å². The molecule has 0 aromatic rings. The Labute approximate surface area is 95.4 Å². The van der Waals surface area contributed by atoms with Gasteiger partial charge in [-0.2, -0.15) is 0 Å². The van der Waals surface area contributed by atoms with Gasteiger partial charge >= 0.3 is 18.4 Å². The minimum atomic E-state index is -0.920. The van der Waals surface area contributed by atoms with Crippen molar-refractivity contribution in [2.75, 3.05) is 0 Å². The number of amides is 2. The summed E-state index contributed by atoms with van der Waals surface area (Å²) >= 11 is 0. The van der Waals surface area contributed by atoms with Crippen LogP contribution in [0, 0.1) is 0 Å². The molecule has 0 aromatic carbocycles. The van der Waals surface area contributed by atoms with Crippen molar-refractivity contribution in [2.45, 2.75) is 25.7 Å². The average Bonchev–Trinajstić information content (AvgIpc) is 2.58. The quantitative estimate of drug-likeness (QED) is 0.266. The number of hydrogen-bond donors (Lipinski definition) is 0. The summed E-state index contributed by atoms with van der Waals surface area (Å²) in [4.78, 5) is 58.2. The van der Waals surface area contributed by atoms with Crippen LogP contribution in [0.3, 0.4) is 0 Å². The summed E-state index contributed by atoms with van der Waals surface area (Å²) in [5.74, 6) is -3.01. The van der Waals surface area contributed by atoms with Crippen molar-refractivity contribution in [3.05, 3.63) is 0 Å². The van der Waals surface area contributed by atoms with Gasteiger partial charge < -0.3 is 9.57 Å². The van der Waals surface area contributed by atoms with E-state index in [1.165, 1.54) is 0 Å². The van der Waals surface area contributed by atoms with Crippen molar-refractivity contribution in [1.82, 2.24) is 5.06 Å². The summed E-state index contributed by atoms with van der Waals surface area (Å²) in [6.07, 6.45) is -0.754. The molecule has 1 aliphatic heterocycles. The molecule has 1 fully saturated rings. The van der Waals surface area contributed by atoms with Crippen LogP contribution in [0.25, 0.3) is 0 Å². The number of ether oxygens (including phenoxy) is 1. The number of nitrogens with zero attached hydrogens (tertiary/aromatic N) is 1. The largest absolute Gasteiger partial charge is 0.395 e. The van der Waals surface area contributed by atoms with Gasteiger partial charge in [-0.3, -0.25) is 19.2 Å². The van der Waals surface area contributed by atoms with Gasteiger partial charge in [0.05, 0.1) is 12.8 Å². The third-order valence-corrected chi connectivity index (χ3v) is 1.91. The second kappa shape index (κ2) is 5.73. The van der Waals surface area contributed by atoms with Crippen LogP contribution >= 0.6 is 0 Å². The fourth-order valence-electron chi connectivity index (χ4n) is 1.12. The first-order valence-electron chi connectivity index (χ1n) is 4.74. The predicted molar refractivity (Wildman–Crippen MR) is 48.6 cm³/mol. The van der Waals surface area contributed by atoms with E-state index in [1.807, 2.05) is 0 Å². The van der Waals surface area contributed by atoms with Crippen LogP contribution < -0.4 is 0 Å². The normalized spacial score (nSPS) is 14.7. The Morgan fingerprint density at radius 2 is 1.65 bits per heavy atom. The minimum absolute atomic E-state index is 0.000698. The molecule has 0 spiro atoms. The molecule has 0 N–H and O–H groups in total. The molecular formula is C9H9NO7. The molecule has 0 aromatic heterocycles. The van der Waals surface area contributed by atoms with E-state index in [0.29, 0.717) is 5.06 Å². The molecule has 1 aliphatic rings. The lowest BCUT2D eigenvalue weighted by Gasteiger charge is -2.11. The SMILES string of the molecule is O=COC(=O)CCC(=O)ON1C(=O)CCC1=O. The van der Waals surface area contributed by atoms with Crippen LogP contribution in [0.1, 0.15) is 25.7 Å². The number of carbonyl (C=O) groups excluding carboxylic acids is 5. The molecule has 0 aliphatic carbocycles. The molecule has 1 heterocycles. The first-order chi connectivity index (χ1) is 8.04. The molecule has 0 unspecified atom stereocenters. The predicted octanol–water partition coefficient (Wildman–Crippen LogP) is -0.927. The van der Waals surface area contributed by atoms with Gasteiger partial charge in [0.1, 0.15) is 0 Å². The monoisotopic (exact) mass is 243 g/mol. The number of carbonyl (C=O) groups is 5. The van der Waals surface area contributed by atoms with Gasteiger partial charge in [-0.05, 0) is 0 Å². The molecule has 1 saturated heterocycles. The highest BCUT2D eigenvalue weighted by atomic mass is 16.7. The highest BCUT2D eigenvalue weighted by molar-refractivity contribution is 6.01. The van der Waals surface area contributed by atoms with E-state index in [0.717, 1.165) is 0 Å². The number of hydroxylamine groups is 2. The van der Waals surface area contributed by atoms with E-state index in [-0.39, 0.29) is 32.2 Å². The molecule has 1 rings (SSSR count). The smallest absolute Gasteiger partial charge is 0.333 e. The van der Waals surface area contributed by atoms with Gasteiger partial charge in [0.25, 0.3) is 11.8 Å². The first-order valence-corrected chi connectivity index (χ1v) is 4.74. The van der Waals surface area contributed by atoms with Crippen LogP contribution in [0.5, 0.6) is 0 Å². The first kappa shape index (κ1) is 12.8. The average molecular weight is 243 g/mol. The van der Waals surface area contributed by atoms with E-state index in [4.69, 9.17) is 0 Å². The molecule has 8 nitrogen and oxygen atoms in total. The molecule has 0 radical (unpaired) electrons. The number of imide groups is 1. The highest BCUT2D eigenvalue weighted by Crippen LogP contribution is 2.12. The third kappa shape index (κ3) is 3.67. The van der Waals surface area contributed by atoms with Crippen molar-refractivity contribution in [2.24, 2.45) is 0 Å². The van der Waals surface area contributed by atoms with Crippen molar-refractivity contribution in [1.29, 1.82) is 0 Å². The van der Waals surface area contributed by atoms with Gasteiger partial charge in [0, 0.05) is 12.8 Å². The topological polar surface area (TPSA) is 107 Å². The maximum absolute atomic E-state index is 11.1. The highest BCUT2D eigenvalue weighted by Gasteiger charge is 2.32. The molecule has 17 heavy (non-hydrogen) atoms. The zero-order valence-corrected chi connectivity index (χ0v) is 8.71. The fraction of sp³-hybridized carbons (Fsp3) is 0.444.